The predicted molar refractivity (Wildman–Crippen MR) is 94.8 cm³/mol. The molecule has 25 heavy (non-hydrogen) atoms. The van der Waals surface area contributed by atoms with Crippen LogP contribution in [0.4, 0.5) is 5.69 Å². The number of benzene rings is 2. The molecule has 0 saturated carbocycles. The van der Waals surface area contributed by atoms with E-state index in [1.54, 1.807) is 31.2 Å². The van der Waals surface area contributed by atoms with Crippen molar-refractivity contribution in [3.8, 4) is 11.5 Å². The van der Waals surface area contributed by atoms with Crippen molar-refractivity contribution in [3.63, 3.8) is 0 Å². The number of sulfonamides is 1. The average Bonchev–Trinajstić information content (AvgIpc) is 2.61. The minimum atomic E-state index is -3.91. The maximum absolute atomic E-state index is 12.7. The molecule has 0 unspecified atom stereocenters. The molecular formula is C17H20N2O5S. The van der Waals surface area contributed by atoms with E-state index < -0.39 is 15.9 Å². The van der Waals surface area contributed by atoms with Gasteiger partial charge < -0.3 is 14.8 Å². The third kappa shape index (κ3) is 4.21. The summed E-state index contributed by atoms with van der Waals surface area (Å²) in [6.45, 7) is 2.19. The van der Waals surface area contributed by atoms with Crippen LogP contribution in [0.25, 0.3) is 0 Å². The monoisotopic (exact) mass is 364 g/mol. The fraction of sp³-hybridized carbons (Fsp3) is 0.235. The van der Waals surface area contributed by atoms with Crippen LogP contribution in [0, 0.1) is 0 Å². The fourth-order valence-electron chi connectivity index (χ4n) is 2.22. The lowest BCUT2D eigenvalue weighted by Crippen LogP contribution is -2.24. The number of rotatable bonds is 7. The van der Waals surface area contributed by atoms with Crippen LogP contribution >= 0.6 is 0 Å². The molecule has 2 N–H and O–H groups in total. The zero-order chi connectivity index (χ0) is 18.4. The predicted octanol–water partition coefficient (Wildman–Crippen LogP) is 2.25. The smallest absolute Gasteiger partial charge is 0.262 e. The molecule has 0 spiro atoms. The topological polar surface area (TPSA) is 93.7 Å². The van der Waals surface area contributed by atoms with Gasteiger partial charge in [-0.25, -0.2) is 8.42 Å². The Morgan fingerprint density at radius 1 is 1.04 bits per heavy atom. The molecule has 8 heteroatoms. The first-order chi connectivity index (χ1) is 11.9. The summed E-state index contributed by atoms with van der Waals surface area (Å²) in [6, 6.07) is 10.8. The van der Waals surface area contributed by atoms with Crippen molar-refractivity contribution in [1.29, 1.82) is 0 Å². The highest BCUT2D eigenvalue weighted by Gasteiger charge is 2.20. The van der Waals surface area contributed by atoms with Gasteiger partial charge in [0.2, 0.25) is 0 Å². The lowest BCUT2D eigenvalue weighted by atomic mass is 10.2. The number of nitrogens with one attached hydrogen (secondary N) is 2. The van der Waals surface area contributed by atoms with Crippen molar-refractivity contribution in [2.45, 2.75) is 11.8 Å². The van der Waals surface area contributed by atoms with Crippen molar-refractivity contribution in [2.75, 3.05) is 25.5 Å². The molecular weight excluding hydrogens is 344 g/mol. The molecule has 134 valence electrons. The Bertz CT molecular complexity index is 865. The van der Waals surface area contributed by atoms with Crippen LogP contribution in [0.2, 0.25) is 0 Å². The molecule has 2 aromatic rings. The number of carbonyl (C=O) groups excluding carboxylic acids is 1. The van der Waals surface area contributed by atoms with Crippen molar-refractivity contribution in [1.82, 2.24) is 5.32 Å². The zero-order valence-corrected chi connectivity index (χ0v) is 15.0. The summed E-state index contributed by atoms with van der Waals surface area (Å²) in [6.07, 6.45) is 0. The first kappa shape index (κ1) is 18.6. The number of hydrogen-bond acceptors (Lipinski definition) is 5. The van der Waals surface area contributed by atoms with Crippen LogP contribution in [0.3, 0.4) is 0 Å². The van der Waals surface area contributed by atoms with Gasteiger partial charge >= 0.3 is 0 Å². The van der Waals surface area contributed by atoms with Crippen LogP contribution in [0.5, 0.6) is 11.5 Å². The molecule has 2 aromatic carbocycles. The van der Waals surface area contributed by atoms with Gasteiger partial charge in [-0.2, -0.15) is 0 Å². The van der Waals surface area contributed by atoms with Gasteiger partial charge in [-0.05, 0) is 37.3 Å². The molecule has 0 aliphatic rings. The SMILES string of the molecule is CCNC(=O)c1cc(S(=O)(=O)Nc2ccccc2OC)ccc1OC. The Morgan fingerprint density at radius 2 is 1.72 bits per heavy atom. The third-order valence-electron chi connectivity index (χ3n) is 3.41. The number of para-hydroxylation sites is 2. The Balaban J connectivity index is 2.42. The summed E-state index contributed by atoms with van der Waals surface area (Å²) >= 11 is 0. The molecule has 7 nitrogen and oxygen atoms in total. The maximum atomic E-state index is 12.7. The summed E-state index contributed by atoms with van der Waals surface area (Å²) in [5.41, 5.74) is 0.452. The van der Waals surface area contributed by atoms with Crippen molar-refractivity contribution in [3.05, 3.63) is 48.0 Å². The van der Waals surface area contributed by atoms with E-state index in [0.29, 0.717) is 23.7 Å². The molecule has 0 atom stereocenters. The Labute approximate surface area is 147 Å². The van der Waals surface area contributed by atoms with E-state index >= 15 is 0 Å². The van der Waals surface area contributed by atoms with Crippen molar-refractivity contribution < 1.29 is 22.7 Å². The normalized spacial score (nSPS) is 10.8. The van der Waals surface area contributed by atoms with Gasteiger partial charge in [-0.15, -0.1) is 0 Å². The van der Waals surface area contributed by atoms with E-state index in [0.717, 1.165) is 0 Å². The van der Waals surface area contributed by atoms with E-state index in [-0.39, 0.29) is 10.5 Å². The standard InChI is InChI=1S/C17H20N2O5S/c1-4-18-17(20)13-11-12(9-10-15(13)23-2)25(21,22)19-14-7-5-6-8-16(14)24-3/h5-11,19H,4H2,1-3H3,(H,18,20). The molecule has 0 fully saturated rings. The molecule has 2 rings (SSSR count). The highest BCUT2D eigenvalue weighted by atomic mass is 32.2. The number of anilines is 1. The number of amides is 1. The Kier molecular flexibility index (Phi) is 5.87. The molecule has 0 aliphatic heterocycles. The second-order valence-corrected chi connectivity index (χ2v) is 6.71. The van der Waals surface area contributed by atoms with E-state index in [2.05, 4.69) is 10.0 Å². The van der Waals surface area contributed by atoms with Gasteiger partial charge in [-0.3, -0.25) is 9.52 Å². The summed E-state index contributed by atoms with van der Waals surface area (Å²) in [5.74, 6) is 0.277. The van der Waals surface area contributed by atoms with Crippen LogP contribution in [0.1, 0.15) is 17.3 Å². The van der Waals surface area contributed by atoms with Gasteiger partial charge in [0.15, 0.2) is 0 Å². The number of carbonyl (C=O) groups is 1. The molecule has 0 aromatic heterocycles. The molecule has 0 saturated heterocycles. The average molecular weight is 364 g/mol. The van der Waals surface area contributed by atoms with Gasteiger partial charge in [0.05, 0.1) is 30.4 Å². The molecule has 1 amide bonds. The van der Waals surface area contributed by atoms with Gasteiger partial charge in [0.1, 0.15) is 11.5 Å². The largest absolute Gasteiger partial charge is 0.496 e. The minimum Gasteiger partial charge on any atom is -0.496 e. The lowest BCUT2D eigenvalue weighted by Gasteiger charge is -2.14. The summed E-state index contributed by atoms with van der Waals surface area (Å²) in [7, 11) is -1.04. The Morgan fingerprint density at radius 3 is 2.36 bits per heavy atom. The molecule has 0 aliphatic carbocycles. The summed E-state index contributed by atoms with van der Waals surface area (Å²) in [5, 5.41) is 2.63. The number of ether oxygens (including phenoxy) is 2. The Hall–Kier alpha value is -2.74. The molecule has 0 bridgehead atoms. The van der Waals surface area contributed by atoms with Crippen molar-refractivity contribution in [2.24, 2.45) is 0 Å². The highest BCUT2D eigenvalue weighted by Crippen LogP contribution is 2.28. The zero-order valence-electron chi connectivity index (χ0n) is 14.2. The van der Waals surface area contributed by atoms with Gasteiger partial charge in [0.25, 0.3) is 15.9 Å². The third-order valence-corrected chi connectivity index (χ3v) is 4.78. The van der Waals surface area contributed by atoms with Crippen LogP contribution in [-0.4, -0.2) is 35.1 Å². The van der Waals surface area contributed by atoms with Crippen molar-refractivity contribution >= 4 is 21.6 Å². The molecule has 0 heterocycles. The number of methoxy groups -OCH3 is 2. The van der Waals surface area contributed by atoms with Crippen LogP contribution in [0.15, 0.2) is 47.4 Å². The second kappa shape index (κ2) is 7.89. The highest BCUT2D eigenvalue weighted by molar-refractivity contribution is 7.92. The van der Waals surface area contributed by atoms with E-state index in [4.69, 9.17) is 9.47 Å². The van der Waals surface area contributed by atoms with Crippen LogP contribution < -0.4 is 19.5 Å². The quantitative estimate of drug-likeness (QED) is 0.786. The van der Waals surface area contributed by atoms with Gasteiger partial charge in [-0.1, -0.05) is 12.1 Å². The first-order valence-corrected chi connectivity index (χ1v) is 9.03. The summed E-state index contributed by atoms with van der Waals surface area (Å²) in [4.78, 5) is 12.1. The first-order valence-electron chi connectivity index (χ1n) is 7.55. The minimum absolute atomic E-state index is 0.0551. The van der Waals surface area contributed by atoms with E-state index in [1.165, 1.54) is 32.4 Å². The lowest BCUT2D eigenvalue weighted by molar-refractivity contribution is 0.0952. The van der Waals surface area contributed by atoms with E-state index in [1.807, 2.05) is 0 Å². The second-order valence-electron chi connectivity index (χ2n) is 5.03. The van der Waals surface area contributed by atoms with E-state index in [9.17, 15) is 13.2 Å². The fourth-order valence-corrected chi connectivity index (χ4v) is 3.32. The van der Waals surface area contributed by atoms with Gasteiger partial charge in [0, 0.05) is 6.54 Å². The van der Waals surface area contributed by atoms with Crippen LogP contribution in [-0.2, 0) is 10.0 Å². The molecule has 0 radical (unpaired) electrons. The maximum Gasteiger partial charge on any atom is 0.262 e. The summed E-state index contributed by atoms with van der Waals surface area (Å²) < 4.78 is 38.1. The number of hydrogen-bond donors (Lipinski definition) is 2.